The lowest BCUT2D eigenvalue weighted by atomic mass is 10.2. The first-order valence-electron chi connectivity index (χ1n) is 3.94. The fraction of sp³-hybridized carbons (Fsp3) is 0.222. The van der Waals surface area contributed by atoms with Crippen molar-refractivity contribution in [3.8, 4) is 12.1 Å². The van der Waals surface area contributed by atoms with Gasteiger partial charge in [0.1, 0.15) is 17.5 Å². The van der Waals surface area contributed by atoms with Crippen LogP contribution in [0.1, 0.15) is 21.9 Å². The van der Waals surface area contributed by atoms with Gasteiger partial charge in [0.05, 0.1) is 19.6 Å². The number of hydrogen-bond acceptors (Lipinski definition) is 6. The van der Waals surface area contributed by atoms with E-state index in [1.54, 1.807) is 6.07 Å². The average Bonchev–Trinajstić information content (AvgIpc) is 2.28. The highest BCUT2D eigenvalue weighted by Gasteiger charge is 2.14. The van der Waals surface area contributed by atoms with Crippen LogP contribution in [0.25, 0.3) is 0 Å². The Morgan fingerprint density at radius 1 is 1.60 bits per heavy atom. The van der Waals surface area contributed by atoms with E-state index < -0.39 is 5.97 Å². The summed E-state index contributed by atoms with van der Waals surface area (Å²) in [5.74, 6) is -0.461. The van der Waals surface area contributed by atoms with Crippen molar-refractivity contribution in [1.29, 1.82) is 10.5 Å². The van der Waals surface area contributed by atoms with Crippen molar-refractivity contribution in [2.45, 2.75) is 6.42 Å². The molecule has 0 aliphatic heterocycles. The number of nitriles is 2. The van der Waals surface area contributed by atoms with Gasteiger partial charge < -0.3 is 4.74 Å². The van der Waals surface area contributed by atoms with Gasteiger partial charge in [0.2, 0.25) is 0 Å². The smallest absolute Gasteiger partial charge is 0.342 e. The highest BCUT2D eigenvalue weighted by molar-refractivity contribution is 5.91. The molecule has 0 aliphatic carbocycles. The first-order valence-corrected chi connectivity index (χ1v) is 3.94. The highest BCUT2D eigenvalue weighted by Crippen LogP contribution is 2.06. The summed E-state index contributed by atoms with van der Waals surface area (Å²) in [4.78, 5) is 18.7. The normalized spacial score (nSPS) is 8.73. The summed E-state index contributed by atoms with van der Waals surface area (Å²) in [5.41, 5.74) is -0.0798. The van der Waals surface area contributed by atoms with E-state index in [-0.39, 0.29) is 23.5 Å². The van der Waals surface area contributed by atoms with Gasteiger partial charge in [-0.1, -0.05) is 0 Å². The van der Waals surface area contributed by atoms with E-state index in [4.69, 9.17) is 10.5 Å². The van der Waals surface area contributed by atoms with E-state index in [2.05, 4.69) is 14.7 Å². The molecule has 1 aromatic heterocycles. The lowest BCUT2D eigenvalue weighted by Crippen LogP contribution is -2.08. The van der Waals surface area contributed by atoms with Crippen molar-refractivity contribution in [3.05, 3.63) is 23.3 Å². The zero-order chi connectivity index (χ0) is 11.3. The number of esters is 1. The molecule has 0 bridgehead atoms. The van der Waals surface area contributed by atoms with Crippen LogP contribution in [0.2, 0.25) is 0 Å². The maximum Gasteiger partial charge on any atom is 0.342 e. The maximum absolute atomic E-state index is 11.1. The van der Waals surface area contributed by atoms with E-state index in [1.165, 1.54) is 13.3 Å². The van der Waals surface area contributed by atoms with Crippen LogP contribution in [0, 0.1) is 22.7 Å². The van der Waals surface area contributed by atoms with Crippen molar-refractivity contribution in [1.82, 2.24) is 9.97 Å². The van der Waals surface area contributed by atoms with Crippen molar-refractivity contribution < 1.29 is 9.53 Å². The first-order chi connectivity index (χ1) is 7.22. The Labute approximate surface area is 85.8 Å². The minimum Gasteiger partial charge on any atom is -0.465 e. The van der Waals surface area contributed by atoms with Gasteiger partial charge in [-0.15, -0.1) is 0 Å². The summed E-state index contributed by atoms with van der Waals surface area (Å²) < 4.78 is 4.44. The lowest BCUT2D eigenvalue weighted by Gasteiger charge is -2.01. The van der Waals surface area contributed by atoms with E-state index >= 15 is 0 Å². The third-order valence-corrected chi connectivity index (χ3v) is 1.59. The molecule has 0 N–H and O–H groups in total. The van der Waals surface area contributed by atoms with Crippen molar-refractivity contribution >= 4 is 5.97 Å². The number of aromatic nitrogens is 2. The summed E-state index contributed by atoms with van der Waals surface area (Å²) in [7, 11) is 1.20. The molecule has 6 nitrogen and oxygen atoms in total. The number of carbonyl (C=O) groups excluding carboxylic acids is 1. The number of ether oxygens (including phenoxy) is 1. The topological polar surface area (TPSA) is 99.7 Å². The largest absolute Gasteiger partial charge is 0.465 e. The minimum absolute atomic E-state index is 0.00156. The molecule has 0 saturated carbocycles. The second-order valence-corrected chi connectivity index (χ2v) is 2.49. The Balaban J connectivity index is 3.17. The van der Waals surface area contributed by atoms with Crippen LogP contribution >= 0.6 is 0 Å². The molecule has 0 fully saturated rings. The number of hydrogen-bond donors (Lipinski definition) is 0. The second kappa shape index (κ2) is 4.68. The second-order valence-electron chi connectivity index (χ2n) is 2.49. The van der Waals surface area contributed by atoms with Crippen molar-refractivity contribution in [3.63, 3.8) is 0 Å². The van der Waals surface area contributed by atoms with Crippen LogP contribution in [-0.4, -0.2) is 23.0 Å². The van der Waals surface area contributed by atoms with Crippen LogP contribution in [0.3, 0.4) is 0 Å². The molecular formula is C9H6N4O2. The molecule has 0 aliphatic rings. The summed E-state index contributed by atoms with van der Waals surface area (Å²) >= 11 is 0. The molecule has 74 valence electrons. The van der Waals surface area contributed by atoms with Crippen LogP contribution in [0.5, 0.6) is 0 Å². The Hall–Kier alpha value is -2.47. The van der Waals surface area contributed by atoms with E-state index in [0.717, 1.165) is 0 Å². The maximum atomic E-state index is 11.1. The molecule has 0 spiro atoms. The summed E-state index contributed by atoms with van der Waals surface area (Å²) in [6, 6.07) is 3.60. The van der Waals surface area contributed by atoms with E-state index in [1.807, 2.05) is 6.07 Å². The van der Waals surface area contributed by atoms with Gasteiger partial charge in [-0.05, 0) is 0 Å². The molecule has 15 heavy (non-hydrogen) atoms. The van der Waals surface area contributed by atoms with E-state index in [0.29, 0.717) is 0 Å². The molecule has 0 saturated heterocycles. The Morgan fingerprint density at radius 3 is 2.87 bits per heavy atom. The van der Waals surface area contributed by atoms with Gasteiger partial charge in [-0.25, -0.2) is 14.8 Å². The first kappa shape index (κ1) is 10.6. The molecular weight excluding hydrogens is 196 g/mol. The fourth-order valence-corrected chi connectivity index (χ4v) is 0.919. The molecule has 1 aromatic rings. The Kier molecular flexibility index (Phi) is 3.31. The monoisotopic (exact) mass is 202 g/mol. The number of nitrogens with zero attached hydrogens (tertiary/aromatic N) is 4. The molecule has 1 rings (SSSR count). The zero-order valence-corrected chi connectivity index (χ0v) is 7.89. The molecule has 0 radical (unpaired) electrons. The summed E-state index contributed by atoms with van der Waals surface area (Å²) in [6.45, 7) is 0. The van der Waals surface area contributed by atoms with Crippen LogP contribution in [-0.2, 0) is 11.2 Å². The molecule has 0 aromatic carbocycles. The van der Waals surface area contributed by atoms with Crippen LogP contribution < -0.4 is 0 Å². The number of rotatable bonds is 2. The number of carbonyl (C=O) groups is 1. The van der Waals surface area contributed by atoms with Gasteiger partial charge in [0.15, 0.2) is 5.69 Å². The highest BCUT2D eigenvalue weighted by atomic mass is 16.5. The molecule has 1 heterocycles. The van der Waals surface area contributed by atoms with Crippen LogP contribution in [0.15, 0.2) is 6.20 Å². The van der Waals surface area contributed by atoms with Gasteiger partial charge in [0.25, 0.3) is 0 Å². The zero-order valence-electron chi connectivity index (χ0n) is 7.89. The average molecular weight is 202 g/mol. The SMILES string of the molecule is COC(=O)c1cnc(CC#N)nc1C#N. The van der Waals surface area contributed by atoms with Crippen molar-refractivity contribution in [2.24, 2.45) is 0 Å². The molecule has 0 amide bonds. The van der Waals surface area contributed by atoms with Gasteiger partial charge >= 0.3 is 5.97 Å². The molecule has 0 atom stereocenters. The van der Waals surface area contributed by atoms with E-state index in [9.17, 15) is 4.79 Å². The van der Waals surface area contributed by atoms with Crippen molar-refractivity contribution in [2.75, 3.05) is 7.11 Å². The molecule has 0 unspecified atom stereocenters. The lowest BCUT2D eigenvalue weighted by molar-refractivity contribution is 0.0599. The van der Waals surface area contributed by atoms with Gasteiger partial charge in [-0.3, -0.25) is 0 Å². The third-order valence-electron chi connectivity index (χ3n) is 1.59. The predicted molar refractivity (Wildman–Crippen MR) is 47.4 cm³/mol. The summed E-state index contributed by atoms with van der Waals surface area (Å²) in [6.07, 6.45) is 1.18. The Morgan fingerprint density at radius 2 is 2.33 bits per heavy atom. The molecule has 6 heteroatoms. The standard InChI is InChI=1S/C9H6N4O2/c1-15-9(14)6-5-12-8(2-3-10)13-7(6)4-11/h5H,2H2,1H3. The number of methoxy groups -OCH3 is 1. The Bertz CT molecular complexity index is 470. The van der Waals surface area contributed by atoms with Gasteiger partial charge in [-0.2, -0.15) is 10.5 Å². The third kappa shape index (κ3) is 2.26. The fourth-order valence-electron chi connectivity index (χ4n) is 0.919. The predicted octanol–water partition coefficient (Wildman–Crippen LogP) is 0.201. The quantitative estimate of drug-likeness (QED) is 0.635. The summed E-state index contributed by atoms with van der Waals surface area (Å²) in [5, 5.41) is 17.1. The van der Waals surface area contributed by atoms with Crippen LogP contribution in [0.4, 0.5) is 0 Å². The minimum atomic E-state index is -0.671. The van der Waals surface area contributed by atoms with Gasteiger partial charge in [0, 0.05) is 6.20 Å².